The molecule has 0 aromatic rings. The quantitative estimate of drug-likeness (QED) is 0.341. The lowest BCUT2D eigenvalue weighted by atomic mass is 9.93. The Bertz CT molecular complexity index is 364. The summed E-state index contributed by atoms with van der Waals surface area (Å²) in [6, 6.07) is 0. The lowest BCUT2D eigenvalue weighted by Crippen LogP contribution is -2.40. The van der Waals surface area contributed by atoms with Crippen LogP contribution in [0.5, 0.6) is 0 Å². The fourth-order valence-electron chi connectivity index (χ4n) is 3.54. The molecule has 142 valence electrons. The second-order valence-electron chi connectivity index (χ2n) is 7.19. The minimum atomic E-state index is 0. The summed E-state index contributed by atoms with van der Waals surface area (Å²) in [5.41, 5.74) is 0. The van der Waals surface area contributed by atoms with Crippen molar-refractivity contribution in [1.82, 2.24) is 15.5 Å². The number of nitrogens with zero attached hydrogens (tertiary/aromatic N) is 2. The van der Waals surface area contributed by atoms with Crippen molar-refractivity contribution in [3.8, 4) is 0 Å². The first-order valence-corrected chi connectivity index (χ1v) is 10.5. The van der Waals surface area contributed by atoms with Gasteiger partial charge in [0.15, 0.2) is 5.96 Å². The molecule has 24 heavy (non-hydrogen) atoms. The van der Waals surface area contributed by atoms with Crippen LogP contribution in [0.15, 0.2) is 4.99 Å². The van der Waals surface area contributed by atoms with Gasteiger partial charge in [-0.25, -0.2) is 0 Å². The van der Waals surface area contributed by atoms with E-state index in [1.54, 1.807) is 0 Å². The van der Waals surface area contributed by atoms with E-state index in [9.17, 15) is 0 Å². The highest BCUT2D eigenvalue weighted by molar-refractivity contribution is 14.0. The third-order valence-corrected chi connectivity index (χ3v) is 6.74. The van der Waals surface area contributed by atoms with Crippen molar-refractivity contribution in [2.24, 2.45) is 10.9 Å². The average molecular weight is 468 g/mol. The van der Waals surface area contributed by atoms with Crippen LogP contribution in [0.25, 0.3) is 0 Å². The Morgan fingerprint density at radius 2 is 2.00 bits per heavy atom. The third-order valence-electron chi connectivity index (χ3n) is 5.22. The summed E-state index contributed by atoms with van der Waals surface area (Å²) in [5.74, 6) is 3.19. The van der Waals surface area contributed by atoms with Crippen LogP contribution >= 0.6 is 35.7 Å². The average Bonchev–Trinajstić information content (AvgIpc) is 3.00. The molecular formula is C18H37IN4S. The molecule has 2 saturated heterocycles. The van der Waals surface area contributed by atoms with Crippen LogP contribution in [0.1, 0.15) is 52.9 Å². The number of guanidine groups is 1. The molecule has 0 aliphatic carbocycles. The normalized spacial score (nSPS) is 26.2. The van der Waals surface area contributed by atoms with Crippen LogP contribution in [0.2, 0.25) is 0 Å². The van der Waals surface area contributed by atoms with Crippen molar-refractivity contribution < 1.29 is 0 Å². The van der Waals surface area contributed by atoms with E-state index in [0.717, 1.165) is 31.5 Å². The summed E-state index contributed by atoms with van der Waals surface area (Å²) in [4.78, 5) is 7.41. The highest BCUT2D eigenvalue weighted by Gasteiger charge is 2.29. The third kappa shape index (κ3) is 7.68. The Hall–Kier alpha value is 0.310. The first-order valence-electron chi connectivity index (χ1n) is 9.53. The molecule has 0 saturated carbocycles. The molecule has 0 aromatic carbocycles. The summed E-state index contributed by atoms with van der Waals surface area (Å²) in [6.07, 6.45) is 6.64. The fourth-order valence-corrected chi connectivity index (χ4v) is 4.76. The van der Waals surface area contributed by atoms with Crippen LogP contribution in [0, 0.1) is 5.92 Å². The van der Waals surface area contributed by atoms with Gasteiger partial charge >= 0.3 is 0 Å². The van der Waals surface area contributed by atoms with Gasteiger partial charge in [0.25, 0.3) is 0 Å². The highest BCUT2D eigenvalue weighted by atomic mass is 127. The zero-order valence-electron chi connectivity index (χ0n) is 15.8. The number of aliphatic imine (C=N–C) groups is 1. The Morgan fingerprint density at radius 3 is 2.58 bits per heavy atom. The largest absolute Gasteiger partial charge is 0.357 e. The van der Waals surface area contributed by atoms with Crippen molar-refractivity contribution in [2.45, 2.75) is 57.6 Å². The zero-order chi connectivity index (χ0) is 16.5. The predicted molar refractivity (Wildman–Crippen MR) is 119 cm³/mol. The molecule has 2 N–H and O–H groups in total. The Morgan fingerprint density at radius 1 is 1.25 bits per heavy atom. The maximum atomic E-state index is 4.84. The van der Waals surface area contributed by atoms with Gasteiger partial charge in [-0.1, -0.05) is 6.92 Å². The molecule has 2 aliphatic rings. The van der Waals surface area contributed by atoms with Crippen LogP contribution in [0.3, 0.4) is 0 Å². The second-order valence-corrected chi connectivity index (χ2v) is 8.87. The maximum Gasteiger partial charge on any atom is 0.191 e. The Balaban J connectivity index is 0.00000288. The van der Waals surface area contributed by atoms with Crippen LogP contribution in [-0.4, -0.2) is 60.6 Å². The van der Waals surface area contributed by atoms with Gasteiger partial charge in [-0.05, 0) is 77.3 Å². The molecule has 0 aromatic heterocycles. The van der Waals surface area contributed by atoms with Crippen LogP contribution < -0.4 is 10.6 Å². The first-order chi connectivity index (χ1) is 11.1. The summed E-state index contributed by atoms with van der Waals surface area (Å²) in [7, 11) is 0. The van der Waals surface area contributed by atoms with Crippen molar-refractivity contribution in [3.63, 3.8) is 0 Å². The molecule has 0 spiro atoms. The summed E-state index contributed by atoms with van der Waals surface area (Å²) >= 11 is 2.09. The van der Waals surface area contributed by atoms with E-state index in [4.69, 9.17) is 4.99 Å². The van der Waals surface area contributed by atoms with Crippen molar-refractivity contribution >= 4 is 41.7 Å². The highest BCUT2D eigenvalue weighted by Crippen LogP contribution is 2.37. The molecule has 2 fully saturated rings. The fraction of sp³-hybridized carbons (Fsp3) is 0.944. The number of hydrogen-bond acceptors (Lipinski definition) is 3. The van der Waals surface area contributed by atoms with E-state index in [1.165, 1.54) is 57.5 Å². The number of rotatable bonds is 7. The van der Waals surface area contributed by atoms with E-state index in [-0.39, 0.29) is 24.0 Å². The molecule has 0 amide bonds. The van der Waals surface area contributed by atoms with E-state index in [2.05, 4.69) is 48.1 Å². The van der Waals surface area contributed by atoms with Gasteiger partial charge in [-0.3, -0.25) is 4.99 Å². The molecule has 4 nitrogen and oxygen atoms in total. The van der Waals surface area contributed by atoms with E-state index >= 15 is 0 Å². The maximum absolute atomic E-state index is 4.84. The van der Waals surface area contributed by atoms with Gasteiger partial charge in [0.05, 0.1) is 6.54 Å². The summed E-state index contributed by atoms with van der Waals surface area (Å²) in [5, 5.41) is 6.95. The summed E-state index contributed by atoms with van der Waals surface area (Å²) in [6.45, 7) is 13.5. The van der Waals surface area contributed by atoms with Crippen LogP contribution in [-0.2, 0) is 0 Å². The van der Waals surface area contributed by atoms with Gasteiger partial charge in [0, 0.05) is 17.8 Å². The van der Waals surface area contributed by atoms with Gasteiger partial charge in [-0.2, -0.15) is 11.8 Å². The topological polar surface area (TPSA) is 39.7 Å². The zero-order valence-corrected chi connectivity index (χ0v) is 18.9. The molecular weight excluding hydrogens is 431 g/mol. The molecule has 6 heteroatoms. The van der Waals surface area contributed by atoms with Gasteiger partial charge in [0.1, 0.15) is 0 Å². The minimum Gasteiger partial charge on any atom is -0.357 e. The number of nitrogens with one attached hydrogen (secondary N) is 2. The van der Waals surface area contributed by atoms with E-state index in [1.807, 2.05) is 0 Å². The number of halogens is 1. The molecule has 1 unspecified atom stereocenters. The number of piperidine rings is 1. The minimum absolute atomic E-state index is 0. The number of hydrogen-bond donors (Lipinski definition) is 2. The molecule has 1 atom stereocenters. The second kappa shape index (κ2) is 11.8. The lowest BCUT2D eigenvalue weighted by Gasteiger charge is -2.31. The van der Waals surface area contributed by atoms with Gasteiger partial charge < -0.3 is 15.5 Å². The van der Waals surface area contributed by atoms with Crippen LogP contribution in [0.4, 0.5) is 0 Å². The van der Waals surface area contributed by atoms with E-state index < -0.39 is 0 Å². The smallest absolute Gasteiger partial charge is 0.191 e. The van der Waals surface area contributed by atoms with E-state index in [0.29, 0.717) is 4.75 Å². The molecule has 2 heterocycles. The standard InChI is InChI=1S/C18H36N4S.HI/c1-4-19-17(21-15-18(3)10-6-14-23-18)20-11-7-16-8-12-22(5-2)13-9-16;/h16H,4-15H2,1-3H3,(H2,19,20,21);1H. The molecule has 0 radical (unpaired) electrons. The van der Waals surface area contributed by atoms with Gasteiger partial charge in [-0.15, -0.1) is 24.0 Å². The monoisotopic (exact) mass is 468 g/mol. The molecule has 2 aliphatic heterocycles. The number of likely N-dealkylation sites (tertiary alicyclic amines) is 1. The lowest BCUT2D eigenvalue weighted by molar-refractivity contribution is 0.187. The first kappa shape index (κ1) is 22.4. The molecule has 0 bridgehead atoms. The van der Waals surface area contributed by atoms with Crippen molar-refractivity contribution in [3.05, 3.63) is 0 Å². The Kier molecular flexibility index (Phi) is 11.0. The predicted octanol–water partition coefficient (Wildman–Crippen LogP) is 3.57. The van der Waals surface area contributed by atoms with Crippen molar-refractivity contribution in [1.29, 1.82) is 0 Å². The van der Waals surface area contributed by atoms with Crippen molar-refractivity contribution in [2.75, 3.05) is 45.0 Å². The summed E-state index contributed by atoms with van der Waals surface area (Å²) < 4.78 is 0.356. The Labute approximate surface area is 170 Å². The van der Waals surface area contributed by atoms with Gasteiger partial charge in [0.2, 0.25) is 0 Å². The number of thioether (sulfide) groups is 1. The molecule has 2 rings (SSSR count). The SMILES string of the molecule is CCNC(=NCC1(C)CCCS1)NCCC1CCN(CC)CC1.I.